The highest BCUT2D eigenvalue weighted by Crippen LogP contribution is 2.29. The van der Waals surface area contributed by atoms with Crippen molar-refractivity contribution >= 4 is 46.6 Å². The van der Waals surface area contributed by atoms with Gasteiger partial charge in [-0.25, -0.2) is 0 Å². The molecule has 0 spiro atoms. The summed E-state index contributed by atoms with van der Waals surface area (Å²) in [6, 6.07) is 12.7. The molecule has 1 heterocycles. The normalized spacial score (nSPS) is 12.0. The molecule has 0 unspecified atom stereocenters. The van der Waals surface area contributed by atoms with Gasteiger partial charge in [0.15, 0.2) is 0 Å². The Morgan fingerprint density at radius 2 is 2.00 bits per heavy atom. The van der Waals surface area contributed by atoms with Crippen molar-refractivity contribution in [1.29, 1.82) is 0 Å². The fraction of sp³-hybridized carbons (Fsp3) is 0.167. The number of aryl methyl sites for hydroxylation is 1. The minimum absolute atomic E-state index is 0.227. The number of nitrogens with zero attached hydrogens (tertiary/aromatic N) is 2. The van der Waals surface area contributed by atoms with Crippen molar-refractivity contribution in [1.82, 2.24) is 10.2 Å². The molecule has 1 amide bonds. The summed E-state index contributed by atoms with van der Waals surface area (Å²) in [5.74, 6) is 0.194. The number of hydrogen-bond donors (Lipinski definition) is 1. The summed E-state index contributed by atoms with van der Waals surface area (Å²) in [6.07, 6.45) is 0. The van der Waals surface area contributed by atoms with Gasteiger partial charge in [0.05, 0.1) is 16.0 Å². The van der Waals surface area contributed by atoms with Crippen LogP contribution in [-0.2, 0) is 4.79 Å². The summed E-state index contributed by atoms with van der Waals surface area (Å²) in [7, 11) is 0. The van der Waals surface area contributed by atoms with Crippen molar-refractivity contribution in [2.75, 3.05) is 5.32 Å². The molecule has 0 bridgehead atoms. The van der Waals surface area contributed by atoms with Crippen molar-refractivity contribution in [3.63, 3.8) is 0 Å². The summed E-state index contributed by atoms with van der Waals surface area (Å²) < 4.78 is 5.65. The van der Waals surface area contributed by atoms with Gasteiger partial charge in [-0.3, -0.25) is 4.79 Å². The van der Waals surface area contributed by atoms with Crippen molar-refractivity contribution in [3.8, 4) is 11.5 Å². The lowest BCUT2D eigenvalue weighted by molar-refractivity contribution is -0.115. The van der Waals surface area contributed by atoms with E-state index < -0.39 is 5.25 Å². The van der Waals surface area contributed by atoms with Crippen LogP contribution in [0.1, 0.15) is 12.5 Å². The predicted octanol–water partition coefficient (Wildman–Crippen LogP) is 5.47. The lowest BCUT2D eigenvalue weighted by Gasteiger charge is -2.11. The van der Waals surface area contributed by atoms with Gasteiger partial charge in [0.2, 0.25) is 11.8 Å². The Morgan fingerprint density at radius 3 is 2.73 bits per heavy atom. The molecule has 0 saturated heterocycles. The molecule has 1 atom stereocenters. The number of benzene rings is 2. The van der Waals surface area contributed by atoms with Crippen LogP contribution in [0.4, 0.5) is 5.69 Å². The van der Waals surface area contributed by atoms with Gasteiger partial charge in [0.25, 0.3) is 5.22 Å². The van der Waals surface area contributed by atoms with E-state index in [9.17, 15) is 4.79 Å². The number of carbonyl (C=O) groups is 1. The molecule has 0 saturated carbocycles. The first-order chi connectivity index (χ1) is 12.4. The number of aromatic nitrogens is 2. The Kier molecular flexibility index (Phi) is 5.86. The summed E-state index contributed by atoms with van der Waals surface area (Å²) in [5.41, 5.74) is 2.44. The van der Waals surface area contributed by atoms with Gasteiger partial charge >= 0.3 is 0 Å². The Hall–Kier alpha value is -2.02. The van der Waals surface area contributed by atoms with Crippen molar-refractivity contribution in [3.05, 3.63) is 58.1 Å². The Bertz CT molecular complexity index is 946. The second kappa shape index (κ2) is 8.12. The molecule has 26 heavy (non-hydrogen) atoms. The van der Waals surface area contributed by atoms with Crippen LogP contribution >= 0.6 is 35.0 Å². The number of thioether (sulfide) groups is 1. The van der Waals surface area contributed by atoms with Crippen LogP contribution < -0.4 is 5.32 Å². The number of halogens is 2. The van der Waals surface area contributed by atoms with Gasteiger partial charge in [0, 0.05) is 10.6 Å². The molecule has 1 aromatic heterocycles. The van der Waals surface area contributed by atoms with Gasteiger partial charge < -0.3 is 9.73 Å². The van der Waals surface area contributed by atoms with Crippen LogP contribution in [0.2, 0.25) is 10.0 Å². The van der Waals surface area contributed by atoms with Crippen LogP contribution in [0.3, 0.4) is 0 Å². The average molecular weight is 408 g/mol. The summed E-state index contributed by atoms with van der Waals surface area (Å²) in [6.45, 7) is 3.74. The smallest absolute Gasteiger partial charge is 0.277 e. The van der Waals surface area contributed by atoms with Crippen molar-refractivity contribution < 1.29 is 9.21 Å². The molecule has 1 N–H and O–H groups in total. The van der Waals surface area contributed by atoms with Crippen LogP contribution in [0.15, 0.2) is 52.1 Å². The molecule has 3 aromatic rings. The maximum atomic E-state index is 12.4. The number of rotatable bonds is 5. The second-order valence-corrected chi connectivity index (χ2v) is 7.75. The quantitative estimate of drug-likeness (QED) is 0.567. The average Bonchev–Trinajstić information content (AvgIpc) is 3.06. The molecule has 5 nitrogen and oxygen atoms in total. The zero-order valence-corrected chi connectivity index (χ0v) is 16.3. The maximum Gasteiger partial charge on any atom is 0.277 e. The van der Waals surface area contributed by atoms with Gasteiger partial charge in [-0.1, -0.05) is 52.7 Å². The van der Waals surface area contributed by atoms with E-state index >= 15 is 0 Å². The minimum atomic E-state index is -0.451. The molecular formula is C18H15Cl2N3O2S. The van der Waals surface area contributed by atoms with E-state index in [1.807, 2.05) is 31.2 Å². The molecular weight excluding hydrogens is 393 g/mol. The predicted molar refractivity (Wildman–Crippen MR) is 105 cm³/mol. The SMILES string of the molecule is Cc1cccc(-c2nnc(S[C@@H](C)C(=O)Nc3ccc(Cl)cc3Cl)o2)c1. The molecule has 0 radical (unpaired) electrons. The molecule has 0 aliphatic rings. The highest BCUT2D eigenvalue weighted by molar-refractivity contribution is 8.00. The van der Waals surface area contributed by atoms with Crippen LogP contribution in [-0.4, -0.2) is 21.4 Å². The highest BCUT2D eigenvalue weighted by atomic mass is 35.5. The van der Waals surface area contributed by atoms with Crippen molar-refractivity contribution in [2.24, 2.45) is 0 Å². The number of amides is 1. The Morgan fingerprint density at radius 1 is 1.19 bits per heavy atom. The second-order valence-electron chi connectivity index (χ2n) is 5.62. The van der Waals surface area contributed by atoms with Crippen molar-refractivity contribution in [2.45, 2.75) is 24.3 Å². The standard InChI is InChI=1S/C18H15Cl2N3O2S/c1-10-4-3-5-12(8-10)17-22-23-18(25-17)26-11(2)16(24)21-15-7-6-13(19)9-14(15)20/h3-9,11H,1-2H3,(H,21,24)/t11-/m0/s1. The van der Waals surface area contributed by atoms with Gasteiger partial charge in [-0.2, -0.15) is 0 Å². The number of nitrogens with one attached hydrogen (secondary N) is 1. The third-order valence-corrected chi connectivity index (χ3v) is 4.99. The molecule has 0 fully saturated rings. The van der Waals surface area contributed by atoms with Crippen LogP contribution in [0, 0.1) is 6.92 Å². The first-order valence-corrected chi connectivity index (χ1v) is 9.39. The third kappa shape index (κ3) is 4.58. The monoisotopic (exact) mass is 407 g/mol. The summed E-state index contributed by atoms with van der Waals surface area (Å²) in [5, 5.41) is 11.6. The van der Waals surface area contributed by atoms with E-state index in [1.54, 1.807) is 25.1 Å². The fourth-order valence-corrected chi connectivity index (χ4v) is 3.32. The maximum absolute atomic E-state index is 12.4. The molecule has 134 valence electrons. The van der Waals surface area contributed by atoms with E-state index in [0.717, 1.165) is 11.1 Å². The van der Waals surface area contributed by atoms with Gasteiger partial charge in [-0.05, 0) is 44.2 Å². The first-order valence-electron chi connectivity index (χ1n) is 7.75. The summed E-state index contributed by atoms with van der Waals surface area (Å²) in [4.78, 5) is 12.4. The zero-order valence-electron chi connectivity index (χ0n) is 14.0. The Labute approximate surface area is 165 Å². The zero-order chi connectivity index (χ0) is 18.7. The van der Waals surface area contributed by atoms with E-state index in [0.29, 0.717) is 26.8 Å². The largest absolute Gasteiger partial charge is 0.411 e. The summed E-state index contributed by atoms with van der Waals surface area (Å²) >= 11 is 13.1. The Balaban J connectivity index is 1.66. The van der Waals surface area contributed by atoms with Crippen LogP contribution in [0.5, 0.6) is 0 Å². The highest BCUT2D eigenvalue weighted by Gasteiger charge is 2.19. The molecule has 0 aliphatic carbocycles. The van der Waals surface area contributed by atoms with Crippen LogP contribution in [0.25, 0.3) is 11.5 Å². The number of hydrogen-bond acceptors (Lipinski definition) is 5. The molecule has 2 aromatic carbocycles. The van der Waals surface area contributed by atoms with E-state index in [-0.39, 0.29) is 5.91 Å². The van der Waals surface area contributed by atoms with E-state index in [4.69, 9.17) is 27.6 Å². The lowest BCUT2D eigenvalue weighted by Crippen LogP contribution is -2.22. The topological polar surface area (TPSA) is 68.0 Å². The van der Waals surface area contributed by atoms with Gasteiger partial charge in [0.1, 0.15) is 0 Å². The third-order valence-electron chi connectivity index (χ3n) is 3.51. The molecule has 3 rings (SSSR count). The number of anilines is 1. The fourth-order valence-electron chi connectivity index (χ4n) is 2.18. The number of carbonyl (C=O) groups excluding carboxylic acids is 1. The molecule has 0 aliphatic heterocycles. The molecule has 8 heteroatoms. The lowest BCUT2D eigenvalue weighted by atomic mass is 10.1. The van der Waals surface area contributed by atoms with E-state index in [1.165, 1.54) is 11.8 Å². The van der Waals surface area contributed by atoms with E-state index in [2.05, 4.69) is 15.5 Å². The first kappa shape index (κ1) is 18.8. The minimum Gasteiger partial charge on any atom is -0.411 e. The van der Waals surface area contributed by atoms with Gasteiger partial charge in [-0.15, -0.1) is 10.2 Å².